The summed E-state index contributed by atoms with van der Waals surface area (Å²) >= 11 is 0. The van der Waals surface area contributed by atoms with Gasteiger partial charge in [-0.05, 0) is 24.3 Å². The molecule has 0 spiro atoms. The van der Waals surface area contributed by atoms with Gasteiger partial charge in [-0.25, -0.2) is 0 Å². The molecule has 1 aromatic rings. The van der Waals surface area contributed by atoms with Crippen LogP contribution >= 0.6 is 0 Å². The fraction of sp³-hybridized carbons (Fsp3) is 0.562. The first-order valence-electron chi connectivity index (χ1n) is 7.21. The third-order valence-electron chi connectivity index (χ3n) is 4.36. The van der Waals surface area contributed by atoms with Crippen LogP contribution in [0.3, 0.4) is 0 Å². The molecule has 0 bridgehead atoms. The van der Waals surface area contributed by atoms with E-state index in [2.05, 4.69) is 31.2 Å². The van der Waals surface area contributed by atoms with Crippen molar-refractivity contribution in [3.05, 3.63) is 35.9 Å². The Balaban J connectivity index is 1.69. The van der Waals surface area contributed by atoms with Crippen LogP contribution < -0.4 is 0 Å². The van der Waals surface area contributed by atoms with Gasteiger partial charge in [-0.2, -0.15) is 0 Å². The summed E-state index contributed by atoms with van der Waals surface area (Å²) < 4.78 is 5.51. The molecule has 3 heteroatoms. The normalized spacial score (nSPS) is 30.8. The Labute approximate surface area is 114 Å². The number of rotatable bonds is 2. The van der Waals surface area contributed by atoms with Crippen LogP contribution in [0.5, 0.6) is 0 Å². The summed E-state index contributed by atoms with van der Waals surface area (Å²) in [6.07, 6.45) is 1.73. The fourth-order valence-corrected chi connectivity index (χ4v) is 3.26. The minimum absolute atomic E-state index is 0.179. The summed E-state index contributed by atoms with van der Waals surface area (Å²) in [4.78, 5) is 14.4. The number of carbonyl (C=O) groups excluding carboxylic acids is 1. The van der Waals surface area contributed by atoms with Gasteiger partial charge in [0.15, 0.2) is 0 Å². The molecule has 2 fully saturated rings. The van der Waals surface area contributed by atoms with Gasteiger partial charge in [-0.3, -0.25) is 4.79 Å². The highest BCUT2D eigenvalue weighted by Gasteiger charge is 2.37. The number of likely N-dealkylation sites (tertiary alicyclic amines) is 1. The highest BCUT2D eigenvalue weighted by atomic mass is 16.5. The van der Waals surface area contributed by atoms with Crippen LogP contribution in [0.4, 0.5) is 0 Å². The van der Waals surface area contributed by atoms with E-state index in [-0.39, 0.29) is 12.0 Å². The van der Waals surface area contributed by atoms with Crippen LogP contribution in [0.1, 0.15) is 31.2 Å². The second-order valence-corrected chi connectivity index (χ2v) is 5.74. The minimum Gasteiger partial charge on any atom is -0.368 e. The molecule has 0 N–H and O–H groups in total. The Bertz CT molecular complexity index is 439. The molecule has 2 aliphatic heterocycles. The molecule has 0 radical (unpaired) electrons. The van der Waals surface area contributed by atoms with Crippen LogP contribution in [-0.4, -0.2) is 36.6 Å². The van der Waals surface area contributed by atoms with Crippen molar-refractivity contribution >= 4 is 5.91 Å². The number of hydrogen-bond acceptors (Lipinski definition) is 2. The maximum atomic E-state index is 12.4. The Morgan fingerprint density at radius 3 is 2.74 bits per heavy atom. The average Bonchev–Trinajstić information content (AvgIpc) is 3.08. The van der Waals surface area contributed by atoms with Gasteiger partial charge in [0.25, 0.3) is 5.91 Å². The maximum absolute atomic E-state index is 12.4. The van der Waals surface area contributed by atoms with E-state index in [0.29, 0.717) is 11.8 Å². The number of ether oxygens (including phenoxy) is 1. The Kier molecular flexibility index (Phi) is 3.56. The van der Waals surface area contributed by atoms with Crippen molar-refractivity contribution in [1.82, 2.24) is 4.90 Å². The number of carbonyl (C=O) groups is 1. The zero-order valence-electron chi connectivity index (χ0n) is 11.4. The van der Waals surface area contributed by atoms with Gasteiger partial charge >= 0.3 is 0 Å². The lowest BCUT2D eigenvalue weighted by Crippen LogP contribution is -2.37. The van der Waals surface area contributed by atoms with Crippen molar-refractivity contribution in [3.63, 3.8) is 0 Å². The molecule has 19 heavy (non-hydrogen) atoms. The smallest absolute Gasteiger partial charge is 0.251 e. The standard InChI is InChI=1S/C16H21NO2/c1-12-10-17(16(18)15-8-5-9-19-15)11-14(12)13-6-3-2-4-7-13/h2-4,6-7,12,14-15H,5,8-11H2,1H3. The van der Waals surface area contributed by atoms with Gasteiger partial charge < -0.3 is 9.64 Å². The maximum Gasteiger partial charge on any atom is 0.251 e. The number of benzene rings is 1. The van der Waals surface area contributed by atoms with Gasteiger partial charge in [0, 0.05) is 25.6 Å². The molecule has 0 saturated carbocycles. The summed E-state index contributed by atoms with van der Waals surface area (Å²) in [5.41, 5.74) is 1.35. The van der Waals surface area contributed by atoms with Gasteiger partial charge in [0.05, 0.1) is 0 Å². The van der Waals surface area contributed by atoms with E-state index in [1.54, 1.807) is 0 Å². The second kappa shape index (κ2) is 5.33. The van der Waals surface area contributed by atoms with Crippen LogP contribution in [0.2, 0.25) is 0 Å². The molecule has 3 unspecified atom stereocenters. The summed E-state index contributed by atoms with van der Waals surface area (Å²) in [5.74, 6) is 1.18. The minimum atomic E-state index is -0.179. The van der Waals surface area contributed by atoms with E-state index in [4.69, 9.17) is 4.74 Å². The summed E-state index contributed by atoms with van der Waals surface area (Å²) in [6.45, 7) is 4.67. The van der Waals surface area contributed by atoms with E-state index >= 15 is 0 Å². The van der Waals surface area contributed by atoms with Crippen molar-refractivity contribution in [2.45, 2.75) is 31.8 Å². The lowest BCUT2D eigenvalue weighted by atomic mass is 9.90. The Morgan fingerprint density at radius 2 is 2.05 bits per heavy atom. The average molecular weight is 259 g/mol. The molecule has 1 amide bonds. The first kappa shape index (κ1) is 12.7. The van der Waals surface area contributed by atoms with Crippen molar-refractivity contribution < 1.29 is 9.53 Å². The lowest BCUT2D eigenvalue weighted by Gasteiger charge is -2.20. The van der Waals surface area contributed by atoms with Crippen molar-refractivity contribution in [3.8, 4) is 0 Å². The van der Waals surface area contributed by atoms with Crippen molar-refractivity contribution in [2.24, 2.45) is 5.92 Å². The fourth-order valence-electron chi connectivity index (χ4n) is 3.26. The first-order valence-corrected chi connectivity index (χ1v) is 7.21. The van der Waals surface area contributed by atoms with Crippen molar-refractivity contribution in [2.75, 3.05) is 19.7 Å². The molecule has 0 aromatic heterocycles. The highest BCUT2D eigenvalue weighted by Crippen LogP contribution is 2.33. The quantitative estimate of drug-likeness (QED) is 0.816. The molecular weight excluding hydrogens is 238 g/mol. The van der Waals surface area contributed by atoms with Crippen LogP contribution in [-0.2, 0) is 9.53 Å². The molecule has 1 aromatic carbocycles. The zero-order chi connectivity index (χ0) is 13.2. The van der Waals surface area contributed by atoms with E-state index in [0.717, 1.165) is 32.5 Å². The predicted octanol–water partition coefficient (Wildman–Crippen LogP) is 2.43. The number of nitrogens with zero attached hydrogens (tertiary/aromatic N) is 1. The molecule has 2 saturated heterocycles. The van der Waals surface area contributed by atoms with Crippen LogP contribution in [0.15, 0.2) is 30.3 Å². The molecule has 0 aliphatic carbocycles. The monoisotopic (exact) mass is 259 g/mol. The predicted molar refractivity (Wildman–Crippen MR) is 73.9 cm³/mol. The number of hydrogen-bond donors (Lipinski definition) is 0. The topological polar surface area (TPSA) is 29.5 Å². The van der Waals surface area contributed by atoms with Gasteiger partial charge in [-0.15, -0.1) is 0 Å². The third kappa shape index (κ3) is 2.52. The largest absolute Gasteiger partial charge is 0.368 e. The zero-order valence-corrected chi connectivity index (χ0v) is 11.4. The lowest BCUT2D eigenvalue weighted by molar-refractivity contribution is -0.139. The third-order valence-corrected chi connectivity index (χ3v) is 4.36. The van der Waals surface area contributed by atoms with Crippen molar-refractivity contribution in [1.29, 1.82) is 0 Å². The molecular formula is C16H21NO2. The SMILES string of the molecule is CC1CN(C(=O)C2CCCO2)CC1c1ccccc1. The highest BCUT2D eigenvalue weighted by molar-refractivity contribution is 5.81. The summed E-state index contributed by atoms with van der Waals surface area (Å²) in [6, 6.07) is 10.5. The van der Waals surface area contributed by atoms with E-state index < -0.39 is 0 Å². The van der Waals surface area contributed by atoms with Crippen LogP contribution in [0, 0.1) is 5.92 Å². The van der Waals surface area contributed by atoms with Gasteiger partial charge in [0.2, 0.25) is 0 Å². The van der Waals surface area contributed by atoms with E-state index in [1.807, 2.05) is 11.0 Å². The van der Waals surface area contributed by atoms with E-state index in [9.17, 15) is 4.79 Å². The first-order chi connectivity index (χ1) is 9.25. The van der Waals surface area contributed by atoms with Crippen LogP contribution in [0.25, 0.3) is 0 Å². The van der Waals surface area contributed by atoms with Gasteiger partial charge in [-0.1, -0.05) is 37.3 Å². The Hall–Kier alpha value is -1.35. The summed E-state index contributed by atoms with van der Waals surface area (Å²) in [5, 5.41) is 0. The van der Waals surface area contributed by atoms with E-state index in [1.165, 1.54) is 5.56 Å². The molecule has 102 valence electrons. The summed E-state index contributed by atoms with van der Waals surface area (Å²) in [7, 11) is 0. The molecule has 3 atom stereocenters. The van der Waals surface area contributed by atoms with Gasteiger partial charge in [0.1, 0.15) is 6.10 Å². The Morgan fingerprint density at radius 1 is 1.26 bits per heavy atom. The molecule has 3 nitrogen and oxygen atoms in total. The molecule has 2 heterocycles. The molecule has 3 rings (SSSR count). The second-order valence-electron chi connectivity index (χ2n) is 5.74. The number of amides is 1. The molecule has 2 aliphatic rings.